The molecule has 0 radical (unpaired) electrons. The fourth-order valence-electron chi connectivity index (χ4n) is 2.98. The first-order chi connectivity index (χ1) is 8.68. The molecule has 3 heteroatoms. The highest BCUT2D eigenvalue weighted by atomic mass is 16.2. The average molecular weight is 244 g/mol. The second-order valence-electron chi connectivity index (χ2n) is 5.51. The van der Waals surface area contributed by atoms with Crippen molar-refractivity contribution in [2.75, 3.05) is 0 Å². The van der Waals surface area contributed by atoms with Crippen LogP contribution >= 0.6 is 0 Å². The first-order valence-corrected chi connectivity index (χ1v) is 6.81. The van der Waals surface area contributed by atoms with Crippen LogP contribution in [0.1, 0.15) is 38.3 Å². The lowest BCUT2D eigenvalue weighted by atomic mass is 10.1. The molecule has 3 rings (SSSR count). The molecule has 18 heavy (non-hydrogen) atoms. The van der Waals surface area contributed by atoms with Crippen LogP contribution in [-0.4, -0.2) is 23.0 Å². The van der Waals surface area contributed by atoms with Gasteiger partial charge in [-0.05, 0) is 38.2 Å². The Morgan fingerprint density at radius 3 is 2.56 bits per heavy atom. The van der Waals surface area contributed by atoms with Crippen molar-refractivity contribution >= 4 is 5.91 Å². The highest BCUT2D eigenvalue weighted by Crippen LogP contribution is 2.38. The second-order valence-corrected chi connectivity index (χ2v) is 5.51. The molecule has 0 spiro atoms. The van der Waals surface area contributed by atoms with Crippen molar-refractivity contribution in [3.63, 3.8) is 0 Å². The van der Waals surface area contributed by atoms with Gasteiger partial charge in [0.2, 0.25) is 5.91 Å². The summed E-state index contributed by atoms with van der Waals surface area (Å²) >= 11 is 0. The van der Waals surface area contributed by atoms with Gasteiger partial charge in [0.15, 0.2) is 0 Å². The van der Waals surface area contributed by atoms with E-state index >= 15 is 0 Å². The highest BCUT2D eigenvalue weighted by molar-refractivity contribution is 5.86. The van der Waals surface area contributed by atoms with Gasteiger partial charge in [0.1, 0.15) is 6.04 Å². The maximum atomic E-state index is 12.6. The van der Waals surface area contributed by atoms with Gasteiger partial charge in [0, 0.05) is 6.04 Å². The van der Waals surface area contributed by atoms with E-state index in [1.165, 1.54) is 12.8 Å². The Morgan fingerprint density at radius 2 is 1.94 bits per heavy atom. The van der Waals surface area contributed by atoms with Gasteiger partial charge in [-0.1, -0.05) is 30.3 Å². The average Bonchev–Trinajstić information content (AvgIpc) is 3.17. The van der Waals surface area contributed by atoms with E-state index in [0.717, 1.165) is 5.56 Å². The van der Waals surface area contributed by atoms with Crippen molar-refractivity contribution < 1.29 is 4.79 Å². The minimum absolute atomic E-state index is 0.137. The third kappa shape index (κ3) is 1.93. The van der Waals surface area contributed by atoms with Crippen LogP contribution in [0.15, 0.2) is 30.3 Å². The van der Waals surface area contributed by atoms with Crippen LogP contribution in [0.2, 0.25) is 0 Å². The third-order valence-corrected chi connectivity index (χ3v) is 4.20. The van der Waals surface area contributed by atoms with E-state index in [-0.39, 0.29) is 18.1 Å². The van der Waals surface area contributed by atoms with Crippen molar-refractivity contribution in [3.8, 4) is 0 Å². The molecule has 1 aliphatic heterocycles. The maximum Gasteiger partial charge on any atom is 0.245 e. The Labute approximate surface area is 108 Å². The zero-order valence-electron chi connectivity index (χ0n) is 11.0. The smallest absolute Gasteiger partial charge is 0.245 e. The number of nitrogens with zero attached hydrogens (tertiary/aromatic N) is 1. The summed E-state index contributed by atoms with van der Waals surface area (Å²) in [6.45, 7) is 4.26. The molecule has 2 aliphatic rings. The molecule has 1 aromatic rings. The lowest BCUT2D eigenvalue weighted by Crippen LogP contribution is -2.42. The van der Waals surface area contributed by atoms with E-state index in [0.29, 0.717) is 12.0 Å². The van der Waals surface area contributed by atoms with Crippen molar-refractivity contribution in [2.24, 2.45) is 5.92 Å². The molecule has 0 aromatic heterocycles. The van der Waals surface area contributed by atoms with Gasteiger partial charge in [-0.25, -0.2) is 0 Å². The fraction of sp³-hybridized carbons (Fsp3) is 0.533. The summed E-state index contributed by atoms with van der Waals surface area (Å²) in [6.07, 6.45) is 2.68. The minimum atomic E-state index is -0.164. The van der Waals surface area contributed by atoms with E-state index in [4.69, 9.17) is 0 Å². The Hall–Kier alpha value is -1.35. The molecule has 1 saturated carbocycles. The van der Waals surface area contributed by atoms with Gasteiger partial charge in [-0.3, -0.25) is 10.1 Å². The molecule has 1 aliphatic carbocycles. The van der Waals surface area contributed by atoms with Gasteiger partial charge in [-0.15, -0.1) is 0 Å². The minimum Gasteiger partial charge on any atom is -0.323 e. The molecule has 3 nitrogen and oxygen atoms in total. The Bertz CT molecular complexity index is 441. The summed E-state index contributed by atoms with van der Waals surface area (Å²) < 4.78 is 0. The lowest BCUT2D eigenvalue weighted by molar-refractivity contribution is -0.132. The summed E-state index contributed by atoms with van der Waals surface area (Å²) in [6, 6.07) is 10.2. The largest absolute Gasteiger partial charge is 0.323 e. The third-order valence-electron chi connectivity index (χ3n) is 4.20. The number of nitrogens with one attached hydrogen (secondary N) is 1. The van der Waals surface area contributed by atoms with Crippen LogP contribution < -0.4 is 5.32 Å². The normalized spacial score (nSPS) is 29.7. The van der Waals surface area contributed by atoms with Crippen molar-refractivity contribution in [1.29, 1.82) is 0 Å². The predicted octanol–water partition coefficient (Wildman–Crippen LogP) is 2.30. The molecule has 1 amide bonds. The first kappa shape index (κ1) is 11.7. The zero-order chi connectivity index (χ0) is 12.7. The topological polar surface area (TPSA) is 32.3 Å². The SMILES string of the molecule is CC1NC(c2ccccc2)C(=O)N1C(C)C1CC1. The molecule has 96 valence electrons. The number of carbonyl (C=O) groups excluding carboxylic acids is 1. The number of rotatable bonds is 3. The van der Waals surface area contributed by atoms with Crippen molar-refractivity contribution in [3.05, 3.63) is 35.9 Å². The highest BCUT2D eigenvalue weighted by Gasteiger charge is 2.43. The quantitative estimate of drug-likeness (QED) is 0.885. The first-order valence-electron chi connectivity index (χ1n) is 6.81. The predicted molar refractivity (Wildman–Crippen MR) is 70.8 cm³/mol. The Kier molecular flexibility index (Phi) is 2.86. The molecular weight excluding hydrogens is 224 g/mol. The monoisotopic (exact) mass is 244 g/mol. The number of hydrogen-bond acceptors (Lipinski definition) is 2. The summed E-state index contributed by atoms with van der Waals surface area (Å²) in [5.41, 5.74) is 1.07. The number of carbonyl (C=O) groups is 1. The lowest BCUT2D eigenvalue weighted by Gasteiger charge is -2.28. The van der Waals surface area contributed by atoms with Gasteiger partial charge < -0.3 is 4.90 Å². The Morgan fingerprint density at radius 1 is 1.28 bits per heavy atom. The van der Waals surface area contributed by atoms with Gasteiger partial charge >= 0.3 is 0 Å². The molecule has 3 atom stereocenters. The molecule has 0 bridgehead atoms. The summed E-state index contributed by atoms with van der Waals surface area (Å²) in [7, 11) is 0. The molecule has 1 aromatic carbocycles. The maximum absolute atomic E-state index is 12.6. The van der Waals surface area contributed by atoms with Crippen molar-refractivity contribution in [1.82, 2.24) is 10.2 Å². The number of hydrogen-bond donors (Lipinski definition) is 1. The molecule has 1 heterocycles. The van der Waals surface area contributed by atoms with Gasteiger partial charge in [0.25, 0.3) is 0 Å². The van der Waals surface area contributed by atoms with Crippen LogP contribution in [0.3, 0.4) is 0 Å². The van der Waals surface area contributed by atoms with E-state index in [1.807, 2.05) is 35.2 Å². The molecule has 1 saturated heterocycles. The van der Waals surface area contributed by atoms with E-state index < -0.39 is 0 Å². The van der Waals surface area contributed by atoms with Gasteiger partial charge in [0.05, 0.1) is 6.17 Å². The van der Waals surface area contributed by atoms with Crippen LogP contribution in [0.5, 0.6) is 0 Å². The van der Waals surface area contributed by atoms with Crippen LogP contribution in [-0.2, 0) is 4.79 Å². The summed E-state index contributed by atoms with van der Waals surface area (Å²) in [5, 5.41) is 3.41. The fourth-order valence-corrected chi connectivity index (χ4v) is 2.98. The van der Waals surface area contributed by atoms with Crippen LogP contribution in [0.4, 0.5) is 0 Å². The number of benzene rings is 1. The van der Waals surface area contributed by atoms with E-state index in [2.05, 4.69) is 19.2 Å². The molecule has 1 N–H and O–H groups in total. The summed E-state index contributed by atoms with van der Waals surface area (Å²) in [4.78, 5) is 14.6. The van der Waals surface area contributed by atoms with Crippen LogP contribution in [0.25, 0.3) is 0 Å². The molecule has 3 unspecified atom stereocenters. The van der Waals surface area contributed by atoms with Crippen LogP contribution in [0, 0.1) is 5.92 Å². The van der Waals surface area contributed by atoms with E-state index in [1.54, 1.807) is 0 Å². The Balaban J connectivity index is 1.81. The number of amides is 1. The second kappa shape index (κ2) is 4.39. The van der Waals surface area contributed by atoms with E-state index in [9.17, 15) is 4.79 Å². The van der Waals surface area contributed by atoms with Crippen molar-refractivity contribution in [2.45, 2.75) is 44.9 Å². The summed E-state index contributed by atoms with van der Waals surface area (Å²) in [5.74, 6) is 0.945. The molecular formula is C15H20N2O. The zero-order valence-corrected chi connectivity index (χ0v) is 11.0. The van der Waals surface area contributed by atoms with Gasteiger partial charge in [-0.2, -0.15) is 0 Å². The molecule has 2 fully saturated rings. The standard InChI is InChI=1S/C15H20N2O/c1-10(12-8-9-12)17-11(2)16-14(15(17)18)13-6-4-3-5-7-13/h3-7,10-12,14,16H,8-9H2,1-2H3.